The van der Waals surface area contributed by atoms with Crippen LogP contribution in [0.5, 0.6) is 5.75 Å². The maximum absolute atomic E-state index is 11.7. The molecule has 1 unspecified atom stereocenters. The minimum atomic E-state index is -0.570. The van der Waals surface area contributed by atoms with Gasteiger partial charge >= 0.3 is 6.03 Å². The minimum absolute atomic E-state index is 0.210. The van der Waals surface area contributed by atoms with Crippen molar-refractivity contribution in [2.75, 3.05) is 7.11 Å². The summed E-state index contributed by atoms with van der Waals surface area (Å²) in [6, 6.07) is 10.5. The number of hydrogen-bond donors (Lipinski definition) is 1. The van der Waals surface area contributed by atoms with Crippen molar-refractivity contribution in [3.8, 4) is 5.75 Å². The van der Waals surface area contributed by atoms with Gasteiger partial charge in [0, 0.05) is 24.4 Å². The highest BCUT2D eigenvalue weighted by Crippen LogP contribution is 2.33. The Morgan fingerprint density at radius 3 is 2.68 bits per heavy atom. The molecule has 1 aliphatic heterocycles. The fraction of sp³-hybridized carbons (Fsp3) is 0.188. The van der Waals surface area contributed by atoms with Crippen LogP contribution >= 0.6 is 0 Å². The van der Waals surface area contributed by atoms with E-state index in [4.69, 9.17) is 10.5 Å². The number of aromatic nitrogens is 1. The molecule has 1 aliphatic rings. The lowest BCUT2D eigenvalue weighted by atomic mass is 9.99. The highest BCUT2D eigenvalue weighted by molar-refractivity contribution is 6.02. The number of benzene rings is 1. The molecule has 6 heteroatoms. The van der Waals surface area contributed by atoms with E-state index in [2.05, 4.69) is 10.1 Å². The monoisotopic (exact) mass is 296 g/mol. The maximum atomic E-state index is 11.7. The van der Waals surface area contributed by atoms with Crippen LogP contribution in [0.25, 0.3) is 0 Å². The number of rotatable bonds is 3. The molecule has 2 heterocycles. The lowest BCUT2D eigenvalue weighted by Crippen LogP contribution is -2.31. The first-order chi connectivity index (χ1) is 10.7. The van der Waals surface area contributed by atoms with Crippen molar-refractivity contribution < 1.29 is 9.53 Å². The summed E-state index contributed by atoms with van der Waals surface area (Å²) >= 11 is 0. The Morgan fingerprint density at radius 1 is 1.32 bits per heavy atom. The van der Waals surface area contributed by atoms with E-state index in [1.807, 2.05) is 36.4 Å². The second kappa shape index (κ2) is 5.85. The Kier molecular flexibility index (Phi) is 3.74. The van der Waals surface area contributed by atoms with E-state index >= 15 is 0 Å². The summed E-state index contributed by atoms with van der Waals surface area (Å²) in [5.41, 5.74) is 8.11. The Morgan fingerprint density at radius 2 is 2.09 bits per heavy atom. The second-order valence-corrected chi connectivity index (χ2v) is 4.96. The molecule has 6 nitrogen and oxygen atoms in total. The zero-order chi connectivity index (χ0) is 15.5. The molecular formula is C16H16N4O2. The Balaban J connectivity index is 1.90. The summed E-state index contributed by atoms with van der Waals surface area (Å²) < 4.78 is 5.15. The average Bonchev–Trinajstić information content (AvgIpc) is 3.01. The Labute approximate surface area is 128 Å². The SMILES string of the molecule is COc1ccc(C2CC(c3cccnc3)=NN2C(N)=O)cc1. The predicted octanol–water partition coefficient (Wildman–Crippen LogP) is 2.32. The van der Waals surface area contributed by atoms with E-state index in [-0.39, 0.29) is 6.04 Å². The number of primary amides is 1. The molecular weight excluding hydrogens is 280 g/mol. The van der Waals surface area contributed by atoms with Gasteiger partial charge in [0.25, 0.3) is 0 Å². The number of hydrazone groups is 1. The molecule has 1 atom stereocenters. The van der Waals surface area contributed by atoms with Gasteiger partial charge in [0.2, 0.25) is 0 Å². The quantitative estimate of drug-likeness (QED) is 0.943. The lowest BCUT2D eigenvalue weighted by Gasteiger charge is -2.20. The highest BCUT2D eigenvalue weighted by atomic mass is 16.5. The Bertz CT molecular complexity index is 698. The summed E-state index contributed by atoms with van der Waals surface area (Å²) in [6.45, 7) is 0. The molecule has 2 N–H and O–H groups in total. The topological polar surface area (TPSA) is 80.8 Å². The third-order valence-electron chi connectivity index (χ3n) is 3.63. The Hall–Kier alpha value is -2.89. The van der Waals surface area contributed by atoms with Gasteiger partial charge in [0.05, 0.1) is 18.9 Å². The van der Waals surface area contributed by atoms with Crippen molar-refractivity contribution in [3.63, 3.8) is 0 Å². The molecule has 1 aromatic heterocycles. The van der Waals surface area contributed by atoms with Crippen molar-refractivity contribution >= 4 is 11.7 Å². The van der Waals surface area contributed by atoms with Crippen LogP contribution in [0.2, 0.25) is 0 Å². The summed E-state index contributed by atoms with van der Waals surface area (Å²) in [5, 5.41) is 5.69. The summed E-state index contributed by atoms with van der Waals surface area (Å²) in [4.78, 5) is 15.8. The van der Waals surface area contributed by atoms with Crippen LogP contribution in [0.3, 0.4) is 0 Å². The molecule has 0 saturated heterocycles. The van der Waals surface area contributed by atoms with Gasteiger partial charge in [0.15, 0.2) is 0 Å². The van der Waals surface area contributed by atoms with Crippen molar-refractivity contribution in [1.29, 1.82) is 0 Å². The third kappa shape index (κ3) is 2.63. The first-order valence-corrected chi connectivity index (χ1v) is 6.89. The van der Waals surface area contributed by atoms with Gasteiger partial charge in [-0.25, -0.2) is 9.80 Å². The molecule has 3 rings (SSSR count). The van der Waals surface area contributed by atoms with Crippen molar-refractivity contribution in [1.82, 2.24) is 9.99 Å². The molecule has 0 saturated carbocycles. The fourth-order valence-electron chi connectivity index (χ4n) is 2.51. The summed E-state index contributed by atoms with van der Waals surface area (Å²) in [5.74, 6) is 0.765. The van der Waals surface area contributed by atoms with Gasteiger partial charge in [-0.1, -0.05) is 18.2 Å². The van der Waals surface area contributed by atoms with Gasteiger partial charge < -0.3 is 10.5 Å². The summed E-state index contributed by atoms with van der Waals surface area (Å²) in [6.07, 6.45) is 4.03. The predicted molar refractivity (Wildman–Crippen MR) is 82.5 cm³/mol. The van der Waals surface area contributed by atoms with Crippen LogP contribution in [0.1, 0.15) is 23.6 Å². The maximum Gasteiger partial charge on any atom is 0.335 e. The highest BCUT2D eigenvalue weighted by Gasteiger charge is 2.31. The third-order valence-corrected chi connectivity index (χ3v) is 3.63. The molecule has 1 aromatic carbocycles. The molecule has 0 aliphatic carbocycles. The minimum Gasteiger partial charge on any atom is -0.497 e. The smallest absolute Gasteiger partial charge is 0.335 e. The molecule has 112 valence electrons. The number of ether oxygens (including phenoxy) is 1. The fourth-order valence-corrected chi connectivity index (χ4v) is 2.51. The number of pyridine rings is 1. The standard InChI is InChI=1S/C16H16N4O2/c1-22-13-6-4-11(5-7-13)15-9-14(19-20(15)16(17)21)12-3-2-8-18-10-12/h2-8,10,15H,9H2,1H3,(H2,17,21). The number of carbonyl (C=O) groups excluding carboxylic acids is 1. The molecule has 0 fully saturated rings. The van der Waals surface area contributed by atoms with Crippen LogP contribution in [0.4, 0.5) is 4.79 Å². The number of urea groups is 1. The van der Waals surface area contributed by atoms with E-state index in [9.17, 15) is 4.79 Å². The number of nitrogens with two attached hydrogens (primary N) is 1. The van der Waals surface area contributed by atoms with E-state index < -0.39 is 6.03 Å². The molecule has 0 spiro atoms. The molecule has 2 amide bonds. The number of nitrogens with zero attached hydrogens (tertiary/aromatic N) is 3. The molecule has 2 aromatic rings. The van der Waals surface area contributed by atoms with Gasteiger partial charge in [-0.3, -0.25) is 4.98 Å². The van der Waals surface area contributed by atoms with Crippen LogP contribution < -0.4 is 10.5 Å². The first-order valence-electron chi connectivity index (χ1n) is 6.89. The van der Waals surface area contributed by atoms with Gasteiger partial charge in [-0.05, 0) is 23.8 Å². The van der Waals surface area contributed by atoms with Crippen molar-refractivity contribution in [2.45, 2.75) is 12.5 Å². The number of methoxy groups -OCH3 is 1. The average molecular weight is 296 g/mol. The zero-order valence-corrected chi connectivity index (χ0v) is 12.1. The summed E-state index contributed by atoms with van der Waals surface area (Å²) in [7, 11) is 1.61. The zero-order valence-electron chi connectivity index (χ0n) is 12.1. The van der Waals surface area contributed by atoms with Gasteiger partial charge in [-0.2, -0.15) is 5.10 Å². The van der Waals surface area contributed by atoms with Crippen LogP contribution in [-0.2, 0) is 0 Å². The van der Waals surface area contributed by atoms with Crippen LogP contribution in [-0.4, -0.2) is 28.8 Å². The largest absolute Gasteiger partial charge is 0.497 e. The van der Waals surface area contributed by atoms with E-state index in [0.29, 0.717) is 6.42 Å². The molecule has 0 radical (unpaired) electrons. The number of amides is 2. The van der Waals surface area contributed by atoms with Crippen molar-refractivity contribution in [3.05, 3.63) is 59.9 Å². The van der Waals surface area contributed by atoms with E-state index in [1.165, 1.54) is 5.01 Å². The lowest BCUT2D eigenvalue weighted by molar-refractivity contribution is 0.196. The van der Waals surface area contributed by atoms with Crippen LogP contribution in [0, 0.1) is 0 Å². The normalized spacial score (nSPS) is 17.2. The van der Waals surface area contributed by atoms with Gasteiger partial charge in [0.1, 0.15) is 5.75 Å². The second-order valence-electron chi connectivity index (χ2n) is 4.96. The van der Waals surface area contributed by atoms with Crippen molar-refractivity contribution in [2.24, 2.45) is 10.8 Å². The van der Waals surface area contributed by atoms with Crippen LogP contribution in [0.15, 0.2) is 53.9 Å². The van der Waals surface area contributed by atoms with E-state index in [0.717, 1.165) is 22.6 Å². The van der Waals surface area contributed by atoms with E-state index in [1.54, 1.807) is 19.5 Å². The molecule has 22 heavy (non-hydrogen) atoms. The number of carbonyl (C=O) groups is 1. The number of hydrogen-bond acceptors (Lipinski definition) is 4. The van der Waals surface area contributed by atoms with Gasteiger partial charge in [-0.15, -0.1) is 0 Å². The molecule has 0 bridgehead atoms. The first kappa shape index (κ1) is 14.1.